The number of fused-ring (bicyclic) bond motifs is 2. The standard InChI is InChI=1S/C18H24N2O3/c1-13(21)19-9-17(3)10-20(14(2)22)12-18(11-19,16(17)23)15-7-5-4-6-8-15/h4-8,16,23H,9-12H2,1-3H3/t16-,17?,18?/m1/s1. The molecule has 0 aliphatic carbocycles. The van der Waals surface area contributed by atoms with Crippen LogP contribution in [0, 0.1) is 5.41 Å². The molecule has 5 nitrogen and oxygen atoms in total. The summed E-state index contributed by atoms with van der Waals surface area (Å²) < 4.78 is 0. The fourth-order valence-electron chi connectivity index (χ4n) is 4.33. The Morgan fingerprint density at radius 2 is 1.48 bits per heavy atom. The molecule has 2 saturated heterocycles. The van der Waals surface area contributed by atoms with Gasteiger partial charge >= 0.3 is 0 Å². The molecule has 0 radical (unpaired) electrons. The fraction of sp³-hybridized carbons (Fsp3) is 0.556. The zero-order chi connectivity index (χ0) is 16.8. The number of amides is 2. The molecule has 1 aromatic rings. The molecule has 5 heteroatoms. The Bertz CT molecular complexity index is 602. The van der Waals surface area contributed by atoms with Crippen LogP contribution in [-0.2, 0) is 15.0 Å². The highest BCUT2D eigenvalue weighted by Gasteiger charge is 2.59. The maximum Gasteiger partial charge on any atom is 0.219 e. The molecule has 124 valence electrons. The van der Waals surface area contributed by atoms with Gasteiger partial charge in [0.15, 0.2) is 0 Å². The van der Waals surface area contributed by atoms with Gasteiger partial charge in [0.2, 0.25) is 11.8 Å². The molecular formula is C18H24N2O3. The molecule has 23 heavy (non-hydrogen) atoms. The monoisotopic (exact) mass is 316 g/mol. The largest absolute Gasteiger partial charge is 0.391 e. The lowest BCUT2D eigenvalue weighted by Crippen LogP contribution is -2.73. The number of aliphatic hydroxyl groups excluding tert-OH is 1. The van der Waals surface area contributed by atoms with Crippen LogP contribution in [0.1, 0.15) is 26.3 Å². The van der Waals surface area contributed by atoms with Crippen LogP contribution in [0.15, 0.2) is 30.3 Å². The Labute approximate surface area is 136 Å². The van der Waals surface area contributed by atoms with E-state index in [0.29, 0.717) is 26.2 Å². The molecule has 1 aromatic carbocycles. The maximum atomic E-state index is 12.0. The molecule has 1 N–H and O–H groups in total. The molecule has 0 spiro atoms. The zero-order valence-electron chi connectivity index (χ0n) is 14.0. The smallest absolute Gasteiger partial charge is 0.219 e. The first-order valence-electron chi connectivity index (χ1n) is 8.03. The first kappa shape index (κ1) is 16.0. The van der Waals surface area contributed by atoms with E-state index in [1.807, 2.05) is 47.1 Å². The van der Waals surface area contributed by atoms with E-state index in [1.165, 1.54) is 0 Å². The summed E-state index contributed by atoms with van der Waals surface area (Å²) in [6, 6.07) is 9.78. The molecule has 2 heterocycles. The van der Waals surface area contributed by atoms with E-state index in [9.17, 15) is 14.7 Å². The van der Waals surface area contributed by atoms with E-state index in [2.05, 4.69) is 0 Å². The van der Waals surface area contributed by atoms with Crippen LogP contribution in [0.4, 0.5) is 0 Å². The van der Waals surface area contributed by atoms with Gasteiger partial charge in [-0.2, -0.15) is 0 Å². The zero-order valence-corrected chi connectivity index (χ0v) is 14.0. The van der Waals surface area contributed by atoms with Gasteiger partial charge in [-0.05, 0) is 5.56 Å². The van der Waals surface area contributed by atoms with Gasteiger partial charge in [-0.15, -0.1) is 0 Å². The van der Waals surface area contributed by atoms with Crippen LogP contribution in [0.2, 0.25) is 0 Å². The average molecular weight is 316 g/mol. The first-order chi connectivity index (χ1) is 10.8. The summed E-state index contributed by atoms with van der Waals surface area (Å²) in [5.74, 6) is 0.0272. The highest BCUT2D eigenvalue weighted by Crippen LogP contribution is 2.47. The van der Waals surface area contributed by atoms with Gasteiger partial charge in [-0.25, -0.2) is 0 Å². The molecule has 0 aromatic heterocycles. The van der Waals surface area contributed by atoms with Crippen molar-refractivity contribution < 1.29 is 14.7 Å². The Hall–Kier alpha value is -1.88. The second-order valence-electron chi connectivity index (χ2n) is 7.33. The number of benzene rings is 1. The number of hydrogen-bond donors (Lipinski definition) is 1. The molecule has 2 bridgehead atoms. The number of nitrogens with zero attached hydrogens (tertiary/aromatic N) is 2. The Balaban J connectivity index is 2.13. The topological polar surface area (TPSA) is 60.9 Å². The fourth-order valence-corrected chi connectivity index (χ4v) is 4.33. The lowest BCUT2D eigenvalue weighted by atomic mass is 9.59. The lowest BCUT2D eigenvalue weighted by molar-refractivity contribution is -0.169. The van der Waals surface area contributed by atoms with Crippen molar-refractivity contribution in [3.8, 4) is 0 Å². The van der Waals surface area contributed by atoms with Crippen molar-refractivity contribution in [2.75, 3.05) is 26.2 Å². The van der Waals surface area contributed by atoms with Crippen LogP contribution in [0.5, 0.6) is 0 Å². The van der Waals surface area contributed by atoms with Crippen molar-refractivity contribution in [2.24, 2.45) is 5.41 Å². The predicted octanol–water partition coefficient (Wildman–Crippen LogP) is 1.02. The molecular weight excluding hydrogens is 292 g/mol. The van der Waals surface area contributed by atoms with Crippen LogP contribution in [0.25, 0.3) is 0 Å². The number of hydrogen-bond acceptors (Lipinski definition) is 3. The van der Waals surface area contributed by atoms with Gasteiger partial charge in [-0.1, -0.05) is 37.3 Å². The van der Waals surface area contributed by atoms with Gasteiger partial charge < -0.3 is 14.9 Å². The first-order valence-corrected chi connectivity index (χ1v) is 8.03. The molecule has 1 atom stereocenters. The van der Waals surface area contributed by atoms with E-state index in [-0.39, 0.29) is 11.8 Å². The quantitative estimate of drug-likeness (QED) is 0.841. The third kappa shape index (κ3) is 2.43. The van der Waals surface area contributed by atoms with E-state index in [1.54, 1.807) is 13.8 Å². The van der Waals surface area contributed by atoms with E-state index in [0.717, 1.165) is 5.56 Å². The predicted molar refractivity (Wildman–Crippen MR) is 86.7 cm³/mol. The van der Waals surface area contributed by atoms with E-state index >= 15 is 0 Å². The number of aliphatic hydroxyl groups is 1. The summed E-state index contributed by atoms with van der Waals surface area (Å²) in [6.45, 7) is 6.93. The van der Waals surface area contributed by atoms with Crippen LogP contribution < -0.4 is 0 Å². The van der Waals surface area contributed by atoms with Crippen LogP contribution in [0.3, 0.4) is 0 Å². The summed E-state index contributed by atoms with van der Waals surface area (Å²) in [6.07, 6.45) is -0.594. The number of carbonyl (C=O) groups excluding carboxylic acids is 2. The molecule has 3 rings (SSSR count). The highest BCUT2D eigenvalue weighted by atomic mass is 16.3. The summed E-state index contributed by atoms with van der Waals surface area (Å²) in [5, 5.41) is 11.2. The minimum Gasteiger partial charge on any atom is -0.391 e. The molecule has 2 fully saturated rings. The maximum absolute atomic E-state index is 12.0. The summed E-state index contributed by atoms with van der Waals surface area (Å²) in [5.41, 5.74) is -0.177. The average Bonchev–Trinajstić information content (AvgIpc) is 2.49. The summed E-state index contributed by atoms with van der Waals surface area (Å²) in [7, 11) is 0. The second kappa shape index (κ2) is 5.34. The van der Waals surface area contributed by atoms with E-state index < -0.39 is 16.9 Å². The number of likely N-dealkylation sites (tertiary alicyclic amines) is 2. The SMILES string of the molecule is CC(=O)N1CC2(C)CN(C(C)=O)CC(c3ccccc3)(C1)[C@@H]2O. The Morgan fingerprint density at radius 1 is 1.00 bits per heavy atom. The second-order valence-corrected chi connectivity index (χ2v) is 7.33. The van der Waals surface area contributed by atoms with Crippen molar-refractivity contribution in [1.82, 2.24) is 9.80 Å². The van der Waals surface area contributed by atoms with Crippen molar-refractivity contribution in [3.63, 3.8) is 0 Å². The summed E-state index contributed by atoms with van der Waals surface area (Å²) >= 11 is 0. The number of rotatable bonds is 1. The van der Waals surface area contributed by atoms with Crippen molar-refractivity contribution >= 4 is 11.8 Å². The molecule has 2 aliphatic heterocycles. The van der Waals surface area contributed by atoms with Crippen LogP contribution >= 0.6 is 0 Å². The van der Waals surface area contributed by atoms with E-state index in [4.69, 9.17) is 0 Å². The van der Waals surface area contributed by atoms with Crippen molar-refractivity contribution in [1.29, 1.82) is 0 Å². The minimum atomic E-state index is -0.635. The van der Waals surface area contributed by atoms with Crippen molar-refractivity contribution in [3.05, 3.63) is 35.9 Å². The number of piperidine rings is 2. The molecule has 2 aliphatic rings. The number of carbonyl (C=O) groups is 2. The van der Waals surface area contributed by atoms with Gasteiger partial charge in [-0.3, -0.25) is 9.59 Å². The Morgan fingerprint density at radius 3 is 1.91 bits per heavy atom. The van der Waals surface area contributed by atoms with Gasteiger partial charge in [0.25, 0.3) is 0 Å². The molecule has 2 amide bonds. The van der Waals surface area contributed by atoms with Gasteiger partial charge in [0.1, 0.15) is 0 Å². The normalized spacial score (nSPS) is 33.5. The highest BCUT2D eigenvalue weighted by molar-refractivity contribution is 5.75. The lowest BCUT2D eigenvalue weighted by Gasteiger charge is -2.60. The molecule has 0 unspecified atom stereocenters. The summed E-state index contributed by atoms with van der Waals surface area (Å²) in [4.78, 5) is 27.7. The minimum absolute atomic E-state index is 0.0136. The molecule has 0 saturated carbocycles. The van der Waals surface area contributed by atoms with Crippen LogP contribution in [-0.4, -0.2) is 59.0 Å². The van der Waals surface area contributed by atoms with Crippen molar-refractivity contribution in [2.45, 2.75) is 32.3 Å². The third-order valence-electron chi connectivity index (χ3n) is 5.47. The third-order valence-corrected chi connectivity index (χ3v) is 5.47. The van der Waals surface area contributed by atoms with Gasteiger partial charge in [0.05, 0.1) is 11.5 Å². The van der Waals surface area contributed by atoms with Gasteiger partial charge in [0, 0.05) is 45.4 Å². The Kier molecular flexibility index (Phi) is 3.71.